The van der Waals surface area contributed by atoms with Crippen molar-refractivity contribution in [1.82, 2.24) is 0 Å². The Hall–Kier alpha value is -0.980. The first kappa shape index (κ1) is 20.3. The predicted octanol–water partition coefficient (Wildman–Crippen LogP) is 1.82. The molecule has 0 bridgehead atoms. The maximum atomic E-state index is 12.4. The number of aliphatic hydroxyl groups excluding tert-OH is 1. The number of fused-ring (bicyclic) bond motifs is 1. The Bertz CT molecular complexity index is 771. The number of aliphatic hydroxyl groups is 1. The Labute approximate surface area is 146 Å². The van der Waals surface area contributed by atoms with Gasteiger partial charge in [-0.25, -0.2) is 0 Å². The topological polar surface area (TPSA) is 139 Å². The summed E-state index contributed by atoms with van der Waals surface area (Å²) in [5.41, 5.74) is 0.345. The molecule has 1 atom stereocenters. The zero-order chi connectivity index (χ0) is 19.2. The maximum Gasteiger partial charge on any atom is 0.352 e. The molecule has 1 unspecified atom stereocenters. The van der Waals surface area contributed by atoms with Gasteiger partial charge in [0.05, 0.1) is 6.10 Å². The second-order valence-electron chi connectivity index (χ2n) is 6.30. The van der Waals surface area contributed by atoms with E-state index in [1.54, 1.807) is 32.0 Å². The van der Waals surface area contributed by atoms with Crippen LogP contribution in [0.2, 0.25) is 0 Å². The zero-order valence-corrected chi connectivity index (χ0v) is 16.0. The molecule has 0 saturated heterocycles. The molecule has 1 aliphatic carbocycles. The van der Waals surface area contributed by atoms with Crippen LogP contribution in [0.4, 0.5) is 5.69 Å². The number of hydrogen-bond donors (Lipinski definition) is 5. The van der Waals surface area contributed by atoms with Gasteiger partial charge in [-0.3, -0.25) is 9.13 Å². The fourth-order valence-electron chi connectivity index (χ4n) is 3.39. The van der Waals surface area contributed by atoms with E-state index >= 15 is 0 Å². The van der Waals surface area contributed by atoms with Crippen LogP contribution in [-0.2, 0) is 14.0 Å². The molecule has 1 aromatic rings. The number of benzene rings is 1. The summed E-state index contributed by atoms with van der Waals surface area (Å²) in [5.74, 6) is 0. The van der Waals surface area contributed by atoms with Crippen molar-refractivity contribution in [3.05, 3.63) is 34.9 Å². The number of rotatable bonds is 6. The van der Waals surface area contributed by atoms with Crippen molar-refractivity contribution in [1.29, 1.82) is 0 Å². The van der Waals surface area contributed by atoms with Gasteiger partial charge in [0.15, 0.2) is 0 Å². The summed E-state index contributed by atoms with van der Waals surface area (Å²) >= 11 is 0. The first-order valence-corrected chi connectivity index (χ1v) is 10.9. The summed E-state index contributed by atoms with van der Waals surface area (Å²) in [6, 6.07) is 4.45. The van der Waals surface area contributed by atoms with E-state index < -0.39 is 26.2 Å². The van der Waals surface area contributed by atoms with Gasteiger partial charge in [0, 0.05) is 25.3 Å². The highest BCUT2D eigenvalue weighted by molar-refractivity contribution is 7.72. The van der Waals surface area contributed by atoms with Crippen molar-refractivity contribution in [2.75, 3.05) is 19.0 Å². The zero-order valence-electron chi connectivity index (χ0n) is 14.2. The molecule has 0 fully saturated rings. The summed E-state index contributed by atoms with van der Waals surface area (Å²) in [6.07, 6.45) is 0.531. The highest BCUT2D eigenvalue weighted by atomic mass is 31.2. The minimum atomic E-state index is -5.39. The second kappa shape index (κ2) is 6.63. The normalized spacial score (nSPS) is 17.8. The lowest BCUT2D eigenvalue weighted by Crippen LogP contribution is -2.32. The van der Waals surface area contributed by atoms with Gasteiger partial charge in [-0.05, 0) is 29.7 Å². The van der Waals surface area contributed by atoms with E-state index in [0.717, 1.165) is 0 Å². The molecular weight excluding hydrogens is 368 g/mol. The van der Waals surface area contributed by atoms with E-state index in [-0.39, 0.29) is 17.6 Å². The fourth-order valence-corrected chi connectivity index (χ4v) is 6.86. The van der Waals surface area contributed by atoms with Crippen LogP contribution in [0.3, 0.4) is 0 Å². The van der Waals surface area contributed by atoms with E-state index in [9.17, 15) is 33.8 Å². The SMILES string of the molecule is CCCC(O)C1=Cc2c(N(C)C)cccc2C1(P(=O)(O)O)P(=O)(O)O. The summed E-state index contributed by atoms with van der Waals surface area (Å²) < 4.78 is 24.8. The minimum Gasteiger partial charge on any atom is -0.389 e. The van der Waals surface area contributed by atoms with Crippen LogP contribution in [0.5, 0.6) is 0 Å². The smallest absolute Gasteiger partial charge is 0.352 e. The van der Waals surface area contributed by atoms with Crippen molar-refractivity contribution in [2.24, 2.45) is 0 Å². The average Bonchev–Trinajstić information content (AvgIpc) is 2.82. The van der Waals surface area contributed by atoms with E-state index in [1.807, 2.05) is 0 Å². The molecule has 0 heterocycles. The van der Waals surface area contributed by atoms with Gasteiger partial charge in [0.2, 0.25) is 4.90 Å². The molecule has 0 amide bonds. The van der Waals surface area contributed by atoms with Crippen molar-refractivity contribution in [3.8, 4) is 0 Å². The predicted molar refractivity (Wildman–Crippen MR) is 95.4 cm³/mol. The van der Waals surface area contributed by atoms with E-state index in [0.29, 0.717) is 17.7 Å². The molecule has 0 aromatic heterocycles. The first-order valence-electron chi connectivity index (χ1n) is 7.71. The molecular formula is C15H23NO7P2. The third-order valence-electron chi connectivity index (χ3n) is 4.41. The minimum absolute atomic E-state index is 0.124. The third-order valence-corrected chi connectivity index (χ3v) is 8.65. The Kier molecular flexibility index (Phi) is 5.40. The maximum absolute atomic E-state index is 12.4. The Morgan fingerprint density at radius 2 is 1.68 bits per heavy atom. The molecule has 140 valence electrons. The number of nitrogens with zero attached hydrogens (tertiary/aromatic N) is 1. The summed E-state index contributed by atoms with van der Waals surface area (Å²) in [5, 5.41) is 10.4. The van der Waals surface area contributed by atoms with Gasteiger partial charge in [0.1, 0.15) is 0 Å². The lowest BCUT2D eigenvalue weighted by molar-refractivity contribution is 0.188. The lowest BCUT2D eigenvalue weighted by Gasteiger charge is -2.36. The highest BCUT2D eigenvalue weighted by Gasteiger charge is 2.67. The fraction of sp³-hybridized carbons (Fsp3) is 0.467. The molecule has 5 N–H and O–H groups in total. The Morgan fingerprint density at radius 3 is 2.12 bits per heavy atom. The molecule has 0 spiro atoms. The van der Waals surface area contributed by atoms with Gasteiger partial charge in [-0.2, -0.15) is 0 Å². The molecule has 2 rings (SSSR count). The van der Waals surface area contributed by atoms with Crippen LogP contribution in [0.15, 0.2) is 23.8 Å². The van der Waals surface area contributed by atoms with Crippen molar-refractivity contribution >= 4 is 27.0 Å². The highest BCUT2D eigenvalue weighted by Crippen LogP contribution is 2.80. The van der Waals surface area contributed by atoms with Gasteiger partial charge in [0.25, 0.3) is 0 Å². The largest absolute Gasteiger partial charge is 0.389 e. The molecule has 0 saturated carbocycles. The van der Waals surface area contributed by atoms with Crippen LogP contribution in [0, 0.1) is 0 Å². The quantitative estimate of drug-likeness (QED) is 0.463. The summed E-state index contributed by atoms with van der Waals surface area (Å²) in [7, 11) is -7.37. The molecule has 0 aliphatic heterocycles. The molecule has 0 radical (unpaired) electrons. The molecule has 25 heavy (non-hydrogen) atoms. The van der Waals surface area contributed by atoms with Crippen LogP contribution < -0.4 is 4.90 Å². The molecule has 1 aromatic carbocycles. The van der Waals surface area contributed by atoms with Crippen molar-refractivity contribution in [3.63, 3.8) is 0 Å². The molecule has 10 heteroatoms. The van der Waals surface area contributed by atoms with Gasteiger partial charge >= 0.3 is 15.2 Å². The van der Waals surface area contributed by atoms with Crippen LogP contribution in [-0.4, -0.2) is 44.9 Å². The van der Waals surface area contributed by atoms with Gasteiger partial charge in [-0.15, -0.1) is 0 Å². The Morgan fingerprint density at radius 1 is 1.12 bits per heavy atom. The van der Waals surface area contributed by atoms with Gasteiger partial charge < -0.3 is 29.6 Å². The van der Waals surface area contributed by atoms with Crippen LogP contribution >= 0.6 is 15.2 Å². The van der Waals surface area contributed by atoms with E-state index in [4.69, 9.17) is 0 Å². The van der Waals surface area contributed by atoms with Crippen molar-refractivity contribution < 1.29 is 33.8 Å². The molecule has 8 nitrogen and oxygen atoms in total. The van der Waals surface area contributed by atoms with E-state index in [1.165, 1.54) is 18.2 Å². The monoisotopic (exact) mass is 391 g/mol. The lowest BCUT2D eigenvalue weighted by atomic mass is 10.0. The van der Waals surface area contributed by atoms with Crippen LogP contribution in [0.25, 0.3) is 6.08 Å². The van der Waals surface area contributed by atoms with E-state index in [2.05, 4.69) is 0 Å². The molecule has 1 aliphatic rings. The number of anilines is 1. The van der Waals surface area contributed by atoms with Crippen molar-refractivity contribution in [2.45, 2.75) is 30.8 Å². The summed E-state index contributed by atoms with van der Waals surface area (Å²) in [6.45, 7) is 1.76. The summed E-state index contributed by atoms with van der Waals surface area (Å²) in [4.78, 5) is 38.9. The Balaban J connectivity index is 2.95. The number of hydrogen-bond acceptors (Lipinski definition) is 4. The second-order valence-corrected chi connectivity index (χ2v) is 10.2. The first-order chi connectivity index (χ1) is 11.4. The van der Waals surface area contributed by atoms with Crippen LogP contribution in [0.1, 0.15) is 30.9 Å². The standard InChI is InChI=1S/C15H23NO7P2/c1-4-6-14(17)12-9-10-11(7-5-8-13(10)16(2)3)15(12,24(18,19)20)25(21,22)23/h5,7-9,14,17H,4,6H2,1-3H3,(H2,18,19,20)(H2,21,22,23). The third kappa shape index (κ3) is 3.02. The average molecular weight is 391 g/mol. The van der Waals surface area contributed by atoms with Gasteiger partial charge in [-0.1, -0.05) is 25.5 Å².